The molecule has 0 amide bonds. The van der Waals surface area contributed by atoms with E-state index in [1.807, 2.05) is 6.07 Å². The van der Waals surface area contributed by atoms with Crippen molar-refractivity contribution in [3.05, 3.63) is 35.6 Å². The molecule has 2 N–H and O–H groups in total. The number of halogens is 1. The topological polar surface area (TPSA) is 26.0 Å². The van der Waals surface area contributed by atoms with Crippen molar-refractivity contribution in [1.82, 2.24) is 0 Å². The Hall–Kier alpha value is -0.890. The third-order valence-corrected chi connectivity index (χ3v) is 4.13. The van der Waals surface area contributed by atoms with Crippen molar-refractivity contribution in [2.45, 2.75) is 45.1 Å². The van der Waals surface area contributed by atoms with Crippen LogP contribution in [0.15, 0.2) is 24.3 Å². The summed E-state index contributed by atoms with van der Waals surface area (Å²) in [6.07, 6.45) is 5.89. The zero-order chi connectivity index (χ0) is 12.3. The van der Waals surface area contributed by atoms with E-state index in [1.54, 1.807) is 12.1 Å². The first-order chi connectivity index (χ1) is 8.19. The van der Waals surface area contributed by atoms with Gasteiger partial charge < -0.3 is 5.73 Å². The van der Waals surface area contributed by atoms with Crippen molar-refractivity contribution in [2.75, 3.05) is 0 Å². The van der Waals surface area contributed by atoms with Crippen LogP contribution < -0.4 is 5.73 Å². The highest BCUT2D eigenvalue weighted by Gasteiger charge is 2.27. The van der Waals surface area contributed by atoms with Gasteiger partial charge in [-0.25, -0.2) is 4.39 Å². The summed E-state index contributed by atoms with van der Waals surface area (Å²) in [7, 11) is 0. The summed E-state index contributed by atoms with van der Waals surface area (Å²) in [4.78, 5) is 0. The third kappa shape index (κ3) is 3.29. The van der Waals surface area contributed by atoms with Gasteiger partial charge in [-0.3, -0.25) is 0 Å². The zero-order valence-electron chi connectivity index (χ0n) is 10.5. The number of rotatable bonds is 4. The molecule has 1 aliphatic carbocycles. The van der Waals surface area contributed by atoms with Gasteiger partial charge in [0, 0.05) is 6.04 Å². The molecule has 0 spiro atoms. The van der Waals surface area contributed by atoms with Crippen molar-refractivity contribution >= 4 is 0 Å². The molecule has 17 heavy (non-hydrogen) atoms. The lowest BCUT2D eigenvalue weighted by molar-refractivity contribution is 0.404. The lowest BCUT2D eigenvalue weighted by atomic mass is 9.92. The van der Waals surface area contributed by atoms with E-state index < -0.39 is 0 Å². The van der Waals surface area contributed by atoms with Crippen LogP contribution in [0.3, 0.4) is 0 Å². The van der Waals surface area contributed by atoms with E-state index in [1.165, 1.54) is 31.7 Å². The molecule has 2 heteroatoms. The van der Waals surface area contributed by atoms with Gasteiger partial charge in [0.1, 0.15) is 5.82 Å². The maximum Gasteiger partial charge on any atom is 0.123 e. The summed E-state index contributed by atoms with van der Waals surface area (Å²) in [6, 6.07) is 7.01. The van der Waals surface area contributed by atoms with Crippen molar-refractivity contribution in [3.63, 3.8) is 0 Å². The monoisotopic (exact) mass is 235 g/mol. The molecule has 1 aromatic carbocycles. The molecular weight excluding hydrogens is 213 g/mol. The smallest absolute Gasteiger partial charge is 0.123 e. The average molecular weight is 235 g/mol. The third-order valence-electron chi connectivity index (χ3n) is 4.13. The molecule has 1 nitrogen and oxygen atoms in total. The van der Waals surface area contributed by atoms with E-state index in [2.05, 4.69) is 6.92 Å². The molecule has 1 aliphatic rings. The molecule has 3 unspecified atom stereocenters. The Morgan fingerprint density at radius 1 is 1.41 bits per heavy atom. The van der Waals surface area contributed by atoms with Gasteiger partial charge >= 0.3 is 0 Å². The first kappa shape index (κ1) is 12.6. The minimum Gasteiger partial charge on any atom is -0.327 e. The molecule has 3 atom stereocenters. The second-order valence-electron chi connectivity index (χ2n) is 5.35. The fourth-order valence-electron chi connectivity index (χ4n) is 2.98. The summed E-state index contributed by atoms with van der Waals surface area (Å²) >= 11 is 0. The Labute approximate surface area is 103 Å². The summed E-state index contributed by atoms with van der Waals surface area (Å²) in [5.74, 6) is 1.33. The van der Waals surface area contributed by atoms with E-state index in [-0.39, 0.29) is 11.9 Å². The lowest BCUT2D eigenvalue weighted by Crippen LogP contribution is -2.30. The van der Waals surface area contributed by atoms with Gasteiger partial charge in [0.25, 0.3) is 0 Å². The minimum absolute atomic E-state index is 0.160. The minimum atomic E-state index is -0.160. The number of benzene rings is 1. The molecule has 0 bridgehead atoms. The lowest BCUT2D eigenvalue weighted by Gasteiger charge is -2.19. The van der Waals surface area contributed by atoms with Crippen LogP contribution in [-0.2, 0) is 6.42 Å². The van der Waals surface area contributed by atoms with Crippen molar-refractivity contribution < 1.29 is 4.39 Å². The van der Waals surface area contributed by atoms with Gasteiger partial charge in [-0.2, -0.15) is 0 Å². The predicted molar refractivity (Wildman–Crippen MR) is 69.2 cm³/mol. The van der Waals surface area contributed by atoms with Crippen LogP contribution in [0.4, 0.5) is 4.39 Å². The molecule has 0 aliphatic heterocycles. The van der Waals surface area contributed by atoms with Crippen LogP contribution >= 0.6 is 0 Å². The Bertz CT molecular complexity index is 364. The highest BCUT2D eigenvalue weighted by atomic mass is 19.1. The Morgan fingerprint density at radius 2 is 2.24 bits per heavy atom. The molecule has 94 valence electrons. The van der Waals surface area contributed by atoms with Gasteiger partial charge in [0.2, 0.25) is 0 Å². The van der Waals surface area contributed by atoms with Crippen molar-refractivity contribution in [3.8, 4) is 0 Å². The van der Waals surface area contributed by atoms with Gasteiger partial charge in [-0.15, -0.1) is 0 Å². The molecule has 0 heterocycles. The van der Waals surface area contributed by atoms with Gasteiger partial charge in [-0.1, -0.05) is 31.9 Å². The number of nitrogens with two attached hydrogens (primary N) is 1. The van der Waals surface area contributed by atoms with Gasteiger partial charge in [0.05, 0.1) is 0 Å². The van der Waals surface area contributed by atoms with Crippen LogP contribution in [0.5, 0.6) is 0 Å². The Kier molecular flexibility index (Phi) is 4.16. The molecule has 1 saturated carbocycles. The fraction of sp³-hybridized carbons (Fsp3) is 0.600. The van der Waals surface area contributed by atoms with E-state index in [9.17, 15) is 4.39 Å². The zero-order valence-corrected chi connectivity index (χ0v) is 10.5. The summed E-state index contributed by atoms with van der Waals surface area (Å²) in [6.45, 7) is 2.26. The summed E-state index contributed by atoms with van der Waals surface area (Å²) < 4.78 is 13.1. The van der Waals surface area contributed by atoms with Crippen LogP contribution in [0.25, 0.3) is 0 Å². The maximum absolute atomic E-state index is 13.1. The predicted octanol–water partition coefficient (Wildman–Crippen LogP) is 3.52. The van der Waals surface area contributed by atoms with Crippen LogP contribution in [0.1, 0.15) is 38.2 Å². The first-order valence-electron chi connectivity index (χ1n) is 6.69. The van der Waals surface area contributed by atoms with E-state index >= 15 is 0 Å². The van der Waals surface area contributed by atoms with E-state index in [4.69, 9.17) is 5.73 Å². The second-order valence-corrected chi connectivity index (χ2v) is 5.35. The van der Waals surface area contributed by atoms with Crippen LogP contribution in [0.2, 0.25) is 0 Å². The molecule has 1 aromatic rings. The SMILES string of the molecule is CCC1CCC(C(N)Cc2cccc(F)c2)C1. The van der Waals surface area contributed by atoms with Crippen molar-refractivity contribution in [1.29, 1.82) is 0 Å². The largest absolute Gasteiger partial charge is 0.327 e. The van der Waals surface area contributed by atoms with Crippen LogP contribution in [0, 0.1) is 17.7 Å². The van der Waals surface area contributed by atoms with Gasteiger partial charge in [-0.05, 0) is 48.8 Å². The quantitative estimate of drug-likeness (QED) is 0.849. The molecule has 1 fully saturated rings. The summed E-state index contributed by atoms with van der Waals surface area (Å²) in [5.41, 5.74) is 7.28. The van der Waals surface area contributed by atoms with E-state index in [0.717, 1.165) is 17.9 Å². The average Bonchev–Trinajstić information content (AvgIpc) is 2.77. The highest BCUT2D eigenvalue weighted by Crippen LogP contribution is 2.35. The Morgan fingerprint density at radius 3 is 2.88 bits per heavy atom. The highest BCUT2D eigenvalue weighted by molar-refractivity contribution is 5.17. The molecule has 0 saturated heterocycles. The fourth-order valence-corrected chi connectivity index (χ4v) is 2.98. The molecule has 0 aromatic heterocycles. The standard InChI is InChI=1S/C15H22FN/c1-2-11-6-7-13(8-11)15(17)10-12-4-3-5-14(16)9-12/h3-5,9,11,13,15H,2,6-8,10,17H2,1H3. The van der Waals surface area contributed by atoms with Crippen molar-refractivity contribution in [2.24, 2.45) is 17.6 Å². The van der Waals surface area contributed by atoms with E-state index in [0.29, 0.717) is 5.92 Å². The summed E-state index contributed by atoms with van der Waals surface area (Å²) in [5, 5.41) is 0. The second kappa shape index (κ2) is 5.63. The maximum atomic E-state index is 13.1. The number of hydrogen-bond donors (Lipinski definition) is 1. The molecule has 0 radical (unpaired) electrons. The van der Waals surface area contributed by atoms with Gasteiger partial charge in [0.15, 0.2) is 0 Å². The number of hydrogen-bond acceptors (Lipinski definition) is 1. The molecule has 2 rings (SSSR count). The van der Waals surface area contributed by atoms with Crippen LogP contribution in [-0.4, -0.2) is 6.04 Å². The Balaban J connectivity index is 1.91. The normalized spacial score (nSPS) is 26.1. The molecular formula is C15H22FN. The first-order valence-corrected chi connectivity index (χ1v) is 6.69.